The highest BCUT2D eigenvalue weighted by Gasteiger charge is 2.46. The SMILES string of the molecule is CC1(C)C(=O)NC(=O)N1CC1Cc2cc(F)ccc2O1. The Morgan fingerprint density at radius 1 is 1.45 bits per heavy atom. The van der Waals surface area contributed by atoms with Gasteiger partial charge in [-0.25, -0.2) is 9.18 Å². The van der Waals surface area contributed by atoms with Gasteiger partial charge in [-0.15, -0.1) is 0 Å². The monoisotopic (exact) mass is 278 g/mol. The summed E-state index contributed by atoms with van der Waals surface area (Å²) in [5.74, 6) is 0.0200. The van der Waals surface area contributed by atoms with E-state index in [1.807, 2.05) is 0 Å². The van der Waals surface area contributed by atoms with E-state index >= 15 is 0 Å². The van der Waals surface area contributed by atoms with Crippen molar-refractivity contribution in [1.82, 2.24) is 10.2 Å². The lowest BCUT2D eigenvalue weighted by Crippen LogP contribution is -2.48. The largest absolute Gasteiger partial charge is 0.488 e. The molecule has 0 aliphatic carbocycles. The Bertz CT molecular complexity index is 600. The first-order chi connectivity index (χ1) is 9.38. The van der Waals surface area contributed by atoms with Gasteiger partial charge in [0, 0.05) is 12.0 Å². The van der Waals surface area contributed by atoms with Crippen LogP contribution in [0.5, 0.6) is 5.75 Å². The van der Waals surface area contributed by atoms with Crippen LogP contribution in [0.25, 0.3) is 0 Å². The molecule has 0 bridgehead atoms. The Balaban J connectivity index is 1.75. The molecule has 0 aromatic heterocycles. The van der Waals surface area contributed by atoms with Crippen molar-refractivity contribution in [3.63, 3.8) is 0 Å². The Morgan fingerprint density at radius 3 is 2.85 bits per heavy atom. The van der Waals surface area contributed by atoms with Gasteiger partial charge in [0.25, 0.3) is 5.91 Å². The number of amides is 3. The summed E-state index contributed by atoms with van der Waals surface area (Å²) in [4.78, 5) is 24.9. The standard InChI is InChI=1S/C14H15FN2O3/c1-14(2)12(18)16-13(19)17(14)7-10-6-8-5-9(15)3-4-11(8)20-10/h3-5,10H,6-7H2,1-2H3,(H,16,18,19). The number of fused-ring (bicyclic) bond motifs is 1. The van der Waals surface area contributed by atoms with Gasteiger partial charge in [-0.1, -0.05) is 0 Å². The zero-order valence-electron chi connectivity index (χ0n) is 11.3. The number of rotatable bonds is 2. The van der Waals surface area contributed by atoms with Gasteiger partial charge in [0.1, 0.15) is 23.2 Å². The van der Waals surface area contributed by atoms with Crippen molar-refractivity contribution in [3.8, 4) is 5.75 Å². The van der Waals surface area contributed by atoms with Gasteiger partial charge < -0.3 is 9.64 Å². The Morgan fingerprint density at radius 2 is 2.20 bits per heavy atom. The Labute approximate surface area is 115 Å². The molecule has 1 aromatic rings. The zero-order valence-corrected chi connectivity index (χ0v) is 11.3. The maximum Gasteiger partial charge on any atom is 0.325 e. The van der Waals surface area contributed by atoms with Crippen LogP contribution in [0.3, 0.4) is 0 Å². The molecule has 5 nitrogen and oxygen atoms in total. The zero-order chi connectivity index (χ0) is 14.5. The molecule has 1 unspecified atom stereocenters. The van der Waals surface area contributed by atoms with Crippen molar-refractivity contribution in [3.05, 3.63) is 29.6 Å². The summed E-state index contributed by atoms with van der Waals surface area (Å²) in [6.07, 6.45) is 0.268. The number of benzene rings is 1. The maximum atomic E-state index is 13.2. The number of hydrogen-bond acceptors (Lipinski definition) is 3. The number of imide groups is 1. The number of urea groups is 1. The predicted octanol–water partition coefficient (Wildman–Crippen LogP) is 1.46. The van der Waals surface area contributed by atoms with E-state index in [-0.39, 0.29) is 17.8 Å². The second-order valence-corrected chi connectivity index (χ2v) is 5.62. The van der Waals surface area contributed by atoms with Crippen LogP contribution in [0.2, 0.25) is 0 Å². The molecule has 3 rings (SSSR count). The first-order valence-corrected chi connectivity index (χ1v) is 6.46. The lowest BCUT2D eigenvalue weighted by atomic mass is 10.0. The van der Waals surface area contributed by atoms with Crippen molar-refractivity contribution in [2.75, 3.05) is 6.54 Å². The number of hydrogen-bond donors (Lipinski definition) is 1. The van der Waals surface area contributed by atoms with E-state index in [0.717, 1.165) is 5.56 Å². The van der Waals surface area contributed by atoms with Crippen LogP contribution in [0.15, 0.2) is 18.2 Å². The lowest BCUT2D eigenvalue weighted by Gasteiger charge is -2.29. The van der Waals surface area contributed by atoms with E-state index in [1.54, 1.807) is 19.9 Å². The highest BCUT2D eigenvalue weighted by atomic mass is 19.1. The van der Waals surface area contributed by atoms with Crippen LogP contribution < -0.4 is 10.1 Å². The van der Waals surface area contributed by atoms with Crippen LogP contribution in [0, 0.1) is 5.82 Å². The van der Waals surface area contributed by atoms with E-state index in [9.17, 15) is 14.0 Å². The molecule has 1 aromatic carbocycles. The maximum absolute atomic E-state index is 13.2. The van der Waals surface area contributed by atoms with E-state index < -0.39 is 11.6 Å². The normalized spacial score (nSPS) is 23.6. The van der Waals surface area contributed by atoms with Crippen LogP contribution in [-0.4, -0.2) is 35.0 Å². The predicted molar refractivity (Wildman–Crippen MR) is 68.8 cm³/mol. The van der Waals surface area contributed by atoms with Crippen LogP contribution in [0.1, 0.15) is 19.4 Å². The fourth-order valence-electron chi connectivity index (χ4n) is 2.60. The first-order valence-electron chi connectivity index (χ1n) is 6.46. The molecular weight excluding hydrogens is 263 g/mol. The number of carbonyl (C=O) groups is 2. The minimum Gasteiger partial charge on any atom is -0.488 e. The molecule has 0 spiro atoms. The summed E-state index contributed by atoms with van der Waals surface area (Å²) >= 11 is 0. The molecule has 2 aliphatic rings. The molecule has 2 aliphatic heterocycles. The quantitative estimate of drug-likeness (QED) is 0.833. The first kappa shape index (κ1) is 12.9. The molecule has 0 saturated carbocycles. The van der Waals surface area contributed by atoms with Crippen LogP contribution >= 0.6 is 0 Å². The van der Waals surface area contributed by atoms with Gasteiger partial charge in [0.2, 0.25) is 0 Å². The van der Waals surface area contributed by atoms with Crippen molar-refractivity contribution in [1.29, 1.82) is 0 Å². The average molecular weight is 278 g/mol. The summed E-state index contributed by atoms with van der Waals surface area (Å²) in [5, 5.41) is 2.29. The van der Waals surface area contributed by atoms with Crippen molar-refractivity contribution in [2.24, 2.45) is 0 Å². The van der Waals surface area contributed by atoms with Crippen molar-refractivity contribution >= 4 is 11.9 Å². The number of ether oxygens (including phenoxy) is 1. The molecule has 106 valence electrons. The van der Waals surface area contributed by atoms with E-state index in [4.69, 9.17) is 4.74 Å². The van der Waals surface area contributed by atoms with Gasteiger partial charge >= 0.3 is 6.03 Å². The van der Waals surface area contributed by atoms with Crippen molar-refractivity contribution < 1.29 is 18.7 Å². The summed E-state index contributed by atoms with van der Waals surface area (Å²) in [5.41, 5.74) is -0.0979. The molecule has 20 heavy (non-hydrogen) atoms. The summed E-state index contributed by atoms with van der Waals surface area (Å²) in [7, 11) is 0. The fourth-order valence-corrected chi connectivity index (χ4v) is 2.60. The molecule has 0 radical (unpaired) electrons. The Kier molecular flexibility index (Phi) is 2.70. The summed E-state index contributed by atoms with van der Waals surface area (Å²) in [6.45, 7) is 3.67. The minimum atomic E-state index is -0.888. The molecule has 1 saturated heterocycles. The summed E-state index contributed by atoms with van der Waals surface area (Å²) in [6, 6.07) is 3.96. The second-order valence-electron chi connectivity index (χ2n) is 5.62. The highest BCUT2D eigenvalue weighted by Crippen LogP contribution is 2.31. The van der Waals surface area contributed by atoms with Gasteiger partial charge in [-0.3, -0.25) is 10.1 Å². The van der Waals surface area contributed by atoms with Gasteiger partial charge in [-0.2, -0.15) is 0 Å². The molecule has 1 N–H and O–H groups in total. The topological polar surface area (TPSA) is 58.6 Å². The second kappa shape index (κ2) is 4.19. The number of halogens is 1. The van der Waals surface area contributed by atoms with Gasteiger partial charge in [0.15, 0.2) is 0 Å². The lowest BCUT2D eigenvalue weighted by molar-refractivity contribution is -0.125. The minimum absolute atomic E-state index is 0.261. The molecular formula is C14H15FN2O3. The highest BCUT2D eigenvalue weighted by molar-refractivity contribution is 6.06. The third-order valence-corrected chi connectivity index (χ3v) is 3.85. The third kappa shape index (κ3) is 1.92. The molecule has 2 heterocycles. The third-order valence-electron chi connectivity index (χ3n) is 3.85. The van der Waals surface area contributed by atoms with Crippen LogP contribution in [-0.2, 0) is 11.2 Å². The molecule has 1 fully saturated rings. The van der Waals surface area contributed by atoms with E-state index in [0.29, 0.717) is 18.7 Å². The smallest absolute Gasteiger partial charge is 0.325 e. The van der Waals surface area contributed by atoms with Gasteiger partial charge in [0.05, 0.1) is 6.54 Å². The molecule has 3 amide bonds. The van der Waals surface area contributed by atoms with E-state index in [1.165, 1.54) is 17.0 Å². The average Bonchev–Trinajstić information content (AvgIpc) is 2.84. The molecule has 6 heteroatoms. The summed E-state index contributed by atoms with van der Waals surface area (Å²) < 4.78 is 18.9. The van der Waals surface area contributed by atoms with Gasteiger partial charge in [-0.05, 0) is 32.0 Å². The molecule has 1 atom stereocenters. The fraction of sp³-hybridized carbons (Fsp3) is 0.429. The Hall–Kier alpha value is -2.11. The van der Waals surface area contributed by atoms with E-state index in [2.05, 4.69) is 5.32 Å². The number of carbonyl (C=O) groups excluding carboxylic acids is 2. The van der Waals surface area contributed by atoms with Crippen molar-refractivity contribution in [2.45, 2.75) is 31.9 Å². The number of nitrogens with zero attached hydrogens (tertiary/aromatic N) is 1. The van der Waals surface area contributed by atoms with Crippen LogP contribution in [0.4, 0.5) is 9.18 Å². The number of nitrogens with one attached hydrogen (secondary N) is 1.